The summed E-state index contributed by atoms with van der Waals surface area (Å²) in [5.41, 5.74) is 1.87. The molecule has 1 N–H and O–H groups in total. The fourth-order valence-electron chi connectivity index (χ4n) is 2.30. The molecule has 138 valence electrons. The van der Waals surface area contributed by atoms with Gasteiger partial charge >= 0.3 is 0 Å². The summed E-state index contributed by atoms with van der Waals surface area (Å²) in [4.78, 5) is 27.4. The Morgan fingerprint density at radius 3 is 2.52 bits per heavy atom. The fraction of sp³-hybridized carbons (Fsp3) is 0.105. The lowest BCUT2D eigenvalue weighted by atomic mass is 10.2. The van der Waals surface area contributed by atoms with Gasteiger partial charge < -0.3 is 10.1 Å². The molecule has 0 aliphatic carbocycles. The minimum atomic E-state index is -0.375. The second-order valence-electron chi connectivity index (χ2n) is 5.60. The van der Waals surface area contributed by atoms with Crippen LogP contribution >= 0.6 is 43.6 Å². The zero-order valence-electron chi connectivity index (χ0n) is 14.2. The number of nitrogens with one attached hydrogen (secondary N) is 1. The van der Waals surface area contributed by atoms with Gasteiger partial charge in [0.05, 0.1) is 13.9 Å². The van der Waals surface area contributed by atoms with Crippen LogP contribution in [0.1, 0.15) is 18.1 Å². The van der Waals surface area contributed by atoms with Crippen LogP contribution in [0.5, 0.6) is 5.75 Å². The molecule has 2 aromatic carbocycles. The van der Waals surface area contributed by atoms with Gasteiger partial charge in [-0.15, -0.1) is 0 Å². The molecule has 3 rings (SSSR count). The third-order valence-electron chi connectivity index (χ3n) is 3.45. The van der Waals surface area contributed by atoms with Crippen LogP contribution in [0.25, 0.3) is 6.08 Å². The van der Waals surface area contributed by atoms with Gasteiger partial charge in [0.2, 0.25) is 5.91 Å². The van der Waals surface area contributed by atoms with Crippen LogP contribution in [0.2, 0.25) is 0 Å². The van der Waals surface area contributed by atoms with Crippen molar-refractivity contribution in [2.75, 3.05) is 0 Å². The number of carbonyl (C=O) groups is 2. The van der Waals surface area contributed by atoms with E-state index in [1.54, 1.807) is 6.08 Å². The van der Waals surface area contributed by atoms with Crippen molar-refractivity contribution in [3.8, 4) is 5.75 Å². The molecular weight excluding hydrogens is 496 g/mol. The summed E-state index contributed by atoms with van der Waals surface area (Å²) in [6.45, 7) is 1.82. The highest BCUT2D eigenvalue weighted by molar-refractivity contribution is 9.11. The van der Waals surface area contributed by atoms with Crippen LogP contribution in [-0.2, 0) is 16.2 Å². The maximum absolute atomic E-state index is 12.0. The molecule has 8 heteroatoms. The SMILES string of the molecule is CC(=O)NC1=NC(=O)/C(=C/c2cc(Br)c(OCc3ccccc3)c(Br)c2)S1. The summed E-state index contributed by atoms with van der Waals surface area (Å²) in [5, 5.41) is 2.82. The van der Waals surface area contributed by atoms with Gasteiger partial charge in [-0.3, -0.25) is 9.59 Å². The number of halogens is 2. The molecule has 1 aliphatic heterocycles. The summed E-state index contributed by atoms with van der Waals surface area (Å²) >= 11 is 8.17. The average molecular weight is 510 g/mol. The van der Waals surface area contributed by atoms with E-state index in [2.05, 4.69) is 42.2 Å². The molecule has 0 bridgehead atoms. The molecule has 0 spiro atoms. The maximum atomic E-state index is 12.0. The highest BCUT2D eigenvalue weighted by atomic mass is 79.9. The summed E-state index contributed by atoms with van der Waals surface area (Å²) in [6, 6.07) is 13.6. The van der Waals surface area contributed by atoms with E-state index in [4.69, 9.17) is 4.74 Å². The van der Waals surface area contributed by atoms with Gasteiger partial charge in [0, 0.05) is 6.92 Å². The van der Waals surface area contributed by atoms with Gasteiger partial charge in [0.25, 0.3) is 5.91 Å². The summed E-state index contributed by atoms with van der Waals surface area (Å²) in [5.74, 6) is 0.0442. The molecule has 27 heavy (non-hydrogen) atoms. The molecule has 5 nitrogen and oxygen atoms in total. The summed E-state index contributed by atoms with van der Waals surface area (Å²) < 4.78 is 7.43. The molecule has 2 aromatic rings. The molecule has 0 saturated carbocycles. The smallest absolute Gasteiger partial charge is 0.286 e. The molecule has 1 aliphatic rings. The van der Waals surface area contributed by atoms with E-state index in [0.717, 1.165) is 31.8 Å². The normalized spacial score (nSPS) is 15.0. The van der Waals surface area contributed by atoms with E-state index in [1.807, 2.05) is 42.5 Å². The lowest BCUT2D eigenvalue weighted by Crippen LogP contribution is -2.23. The number of hydrogen-bond acceptors (Lipinski definition) is 4. The minimum absolute atomic E-state index is 0.263. The largest absolute Gasteiger partial charge is 0.487 e. The number of amidine groups is 1. The monoisotopic (exact) mass is 508 g/mol. The Balaban J connectivity index is 1.75. The van der Waals surface area contributed by atoms with Crippen molar-refractivity contribution in [3.05, 3.63) is 67.4 Å². The number of rotatable bonds is 4. The number of benzene rings is 2. The zero-order valence-corrected chi connectivity index (χ0v) is 18.2. The number of amides is 2. The predicted octanol–water partition coefficient (Wildman–Crippen LogP) is 4.90. The first kappa shape index (κ1) is 19.9. The van der Waals surface area contributed by atoms with Crippen LogP contribution < -0.4 is 10.1 Å². The number of nitrogens with zero attached hydrogens (tertiary/aromatic N) is 1. The van der Waals surface area contributed by atoms with Crippen molar-refractivity contribution in [2.45, 2.75) is 13.5 Å². The first-order valence-electron chi connectivity index (χ1n) is 7.88. The van der Waals surface area contributed by atoms with Crippen LogP contribution in [0, 0.1) is 0 Å². The maximum Gasteiger partial charge on any atom is 0.286 e. The van der Waals surface area contributed by atoms with E-state index in [1.165, 1.54) is 6.92 Å². The Morgan fingerprint density at radius 2 is 1.89 bits per heavy atom. The number of carbonyl (C=O) groups excluding carboxylic acids is 2. The number of ether oxygens (including phenoxy) is 1. The highest BCUT2D eigenvalue weighted by Crippen LogP contribution is 2.37. The van der Waals surface area contributed by atoms with E-state index in [9.17, 15) is 9.59 Å². The van der Waals surface area contributed by atoms with Crippen LogP contribution in [-0.4, -0.2) is 17.0 Å². The molecule has 0 saturated heterocycles. The summed E-state index contributed by atoms with van der Waals surface area (Å²) in [6.07, 6.45) is 1.72. The second-order valence-corrected chi connectivity index (χ2v) is 8.34. The van der Waals surface area contributed by atoms with E-state index in [0.29, 0.717) is 22.4 Å². The Bertz CT molecular complexity index is 936. The van der Waals surface area contributed by atoms with Gasteiger partial charge in [-0.25, -0.2) is 0 Å². The first-order chi connectivity index (χ1) is 12.9. The Kier molecular flexibility index (Phi) is 6.51. The quantitative estimate of drug-likeness (QED) is 0.595. The van der Waals surface area contributed by atoms with Crippen LogP contribution in [0.15, 0.2) is 61.3 Å². The Labute approximate surface area is 177 Å². The predicted molar refractivity (Wildman–Crippen MR) is 114 cm³/mol. The summed E-state index contributed by atoms with van der Waals surface area (Å²) in [7, 11) is 0. The van der Waals surface area contributed by atoms with Crippen molar-refractivity contribution >= 4 is 66.7 Å². The van der Waals surface area contributed by atoms with Crippen molar-refractivity contribution < 1.29 is 14.3 Å². The molecule has 0 atom stereocenters. The topological polar surface area (TPSA) is 67.8 Å². The van der Waals surface area contributed by atoms with Crippen LogP contribution in [0.4, 0.5) is 0 Å². The van der Waals surface area contributed by atoms with Crippen molar-refractivity contribution in [2.24, 2.45) is 4.99 Å². The average Bonchev–Trinajstić information content (AvgIpc) is 2.93. The standard InChI is InChI=1S/C19H14Br2N2O3S/c1-11(24)22-19-23-18(25)16(27-19)9-13-7-14(20)17(15(21)8-13)26-10-12-5-3-2-4-6-12/h2-9H,10H2,1H3,(H,22,23,24,25)/b16-9-. The molecular formula is C19H14Br2N2O3S. The van der Waals surface area contributed by atoms with Crippen molar-refractivity contribution in [3.63, 3.8) is 0 Å². The van der Waals surface area contributed by atoms with Gasteiger partial charge in [-0.2, -0.15) is 4.99 Å². The Morgan fingerprint density at radius 1 is 1.22 bits per heavy atom. The highest BCUT2D eigenvalue weighted by Gasteiger charge is 2.22. The van der Waals surface area contributed by atoms with Gasteiger partial charge in [0.1, 0.15) is 12.4 Å². The molecule has 0 fully saturated rings. The number of aliphatic imine (C=N–C) groups is 1. The molecule has 0 radical (unpaired) electrons. The van der Waals surface area contributed by atoms with Gasteiger partial charge in [-0.05, 0) is 73.0 Å². The van der Waals surface area contributed by atoms with Crippen molar-refractivity contribution in [1.82, 2.24) is 5.32 Å². The lowest BCUT2D eigenvalue weighted by Gasteiger charge is -2.11. The zero-order chi connectivity index (χ0) is 19.4. The van der Waals surface area contributed by atoms with Gasteiger partial charge in [0.15, 0.2) is 5.17 Å². The lowest BCUT2D eigenvalue weighted by molar-refractivity contribution is -0.117. The molecule has 1 heterocycles. The third kappa shape index (κ3) is 5.31. The number of hydrogen-bond donors (Lipinski definition) is 1. The molecule has 0 unspecified atom stereocenters. The van der Waals surface area contributed by atoms with E-state index >= 15 is 0 Å². The van der Waals surface area contributed by atoms with Crippen molar-refractivity contribution in [1.29, 1.82) is 0 Å². The first-order valence-corrected chi connectivity index (χ1v) is 10.3. The molecule has 2 amide bonds. The Hall–Kier alpha value is -1.90. The van der Waals surface area contributed by atoms with E-state index < -0.39 is 0 Å². The van der Waals surface area contributed by atoms with E-state index in [-0.39, 0.29) is 11.8 Å². The van der Waals surface area contributed by atoms with Gasteiger partial charge in [-0.1, -0.05) is 30.3 Å². The second kappa shape index (κ2) is 8.86. The molecule has 0 aromatic heterocycles. The third-order valence-corrected chi connectivity index (χ3v) is 5.53. The number of thioether (sulfide) groups is 1. The van der Waals surface area contributed by atoms with Crippen LogP contribution in [0.3, 0.4) is 0 Å². The minimum Gasteiger partial charge on any atom is -0.487 e. The fourth-order valence-corrected chi connectivity index (χ4v) is 4.61.